The van der Waals surface area contributed by atoms with Gasteiger partial charge in [0.2, 0.25) is 0 Å². The van der Waals surface area contributed by atoms with E-state index >= 15 is 0 Å². The average Bonchev–Trinajstić information content (AvgIpc) is 2.14. The molecule has 0 fully saturated rings. The van der Waals surface area contributed by atoms with Crippen molar-refractivity contribution in [2.45, 2.75) is 0 Å². The fourth-order valence-corrected chi connectivity index (χ4v) is 0.435. The molecule has 35 valence electrons. The monoisotopic (exact) mass is 92.1 g/mol. The Labute approximate surface area is 43.0 Å². The predicted octanol–water partition coefficient (Wildman–Crippen LogP) is 1.19. The van der Waals surface area contributed by atoms with Crippen molar-refractivity contribution in [3.8, 4) is 0 Å². The summed E-state index contributed by atoms with van der Waals surface area (Å²) in [5.41, 5.74) is 0.944. The molecular formula is C6H6N. The molecule has 1 radical (unpaired) electrons. The van der Waals surface area contributed by atoms with Crippen molar-refractivity contribution in [3.05, 3.63) is 36.7 Å². The summed E-state index contributed by atoms with van der Waals surface area (Å²) in [7, 11) is 0. The molecule has 0 saturated carbocycles. The lowest BCUT2D eigenvalue weighted by Gasteiger charge is -1.84. The second-order valence-corrected chi connectivity index (χ2v) is 1.27. The molecule has 1 aliphatic rings. The minimum atomic E-state index is 0.944. The molecule has 0 bridgehead atoms. The van der Waals surface area contributed by atoms with Crippen molar-refractivity contribution in [1.82, 2.24) is 5.32 Å². The van der Waals surface area contributed by atoms with Crippen molar-refractivity contribution in [2.24, 2.45) is 0 Å². The summed E-state index contributed by atoms with van der Waals surface area (Å²) in [6, 6.07) is 0. The number of rotatable bonds is 1. The topological polar surface area (TPSA) is 14.1 Å². The third-order valence-electron chi connectivity index (χ3n) is 0.786. The molecule has 0 aromatic rings. The Morgan fingerprint density at radius 3 is 2.86 bits per heavy atom. The van der Waals surface area contributed by atoms with Gasteiger partial charge in [0.05, 0.1) is 5.70 Å². The van der Waals surface area contributed by atoms with Gasteiger partial charge in [0.25, 0.3) is 0 Å². The predicted molar refractivity (Wildman–Crippen MR) is 29.6 cm³/mol. The molecule has 7 heavy (non-hydrogen) atoms. The normalized spacial score (nSPS) is 15.7. The second kappa shape index (κ2) is 1.65. The van der Waals surface area contributed by atoms with E-state index in [1.807, 2.05) is 12.2 Å². The van der Waals surface area contributed by atoms with Crippen molar-refractivity contribution in [1.29, 1.82) is 0 Å². The van der Waals surface area contributed by atoms with Crippen LogP contribution in [-0.4, -0.2) is 0 Å². The molecule has 1 aliphatic heterocycles. The molecule has 0 unspecified atom stereocenters. The van der Waals surface area contributed by atoms with Gasteiger partial charge < -0.3 is 0 Å². The lowest BCUT2D eigenvalue weighted by molar-refractivity contribution is 1.13. The molecule has 0 spiro atoms. The molecule has 0 N–H and O–H groups in total. The van der Waals surface area contributed by atoms with E-state index in [2.05, 4.69) is 11.9 Å². The van der Waals surface area contributed by atoms with E-state index in [1.54, 1.807) is 12.3 Å². The Bertz CT molecular complexity index is 131. The minimum Gasteiger partial charge on any atom is -0.257 e. The Balaban J connectivity index is 2.61. The van der Waals surface area contributed by atoms with Crippen LogP contribution in [0.3, 0.4) is 0 Å². The summed E-state index contributed by atoms with van der Waals surface area (Å²) in [4.78, 5) is 0. The molecule has 0 aliphatic carbocycles. The third-order valence-corrected chi connectivity index (χ3v) is 0.786. The van der Waals surface area contributed by atoms with Crippen LogP contribution in [0.4, 0.5) is 0 Å². The molecule has 1 heterocycles. The lowest BCUT2D eigenvalue weighted by atomic mass is 10.4. The molecule has 1 nitrogen and oxygen atoms in total. The van der Waals surface area contributed by atoms with Gasteiger partial charge in [0.1, 0.15) is 0 Å². The summed E-state index contributed by atoms with van der Waals surface area (Å²) in [5, 5.41) is 3.92. The summed E-state index contributed by atoms with van der Waals surface area (Å²) < 4.78 is 0. The Kier molecular flexibility index (Phi) is 0.984. The SMILES string of the molecule is C=CC1=CC=C[N]1. The van der Waals surface area contributed by atoms with Crippen LogP contribution in [0.5, 0.6) is 0 Å². The minimum absolute atomic E-state index is 0.944. The van der Waals surface area contributed by atoms with Crippen LogP contribution >= 0.6 is 0 Å². The molecule has 0 amide bonds. The highest BCUT2D eigenvalue weighted by atomic mass is 14.9. The summed E-state index contributed by atoms with van der Waals surface area (Å²) in [6.07, 6.45) is 7.26. The molecule has 0 atom stereocenters. The zero-order valence-corrected chi connectivity index (χ0v) is 3.96. The maximum absolute atomic E-state index is 3.92. The van der Waals surface area contributed by atoms with Crippen LogP contribution in [0.15, 0.2) is 36.7 Å². The van der Waals surface area contributed by atoms with E-state index in [1.165, 1.54) is 0 Å². The first kappa shape index (κ1) is 4.19. The van der Waals surface area contributed by atoms with Crippen molar-refractivity contribution >= 4 is 0 Å². The highest BCUT2D eigenvalue weighted by Crippen LogP contribution is 1.98. The van der Waals surface area contributed by atoms with Crippen molar-refractivity contribution < 1.29 is 0 Å². The highest BCUT2D eigenvalue weighted by Gasteiger charge is 1.89. The van der Waals surface area contributed by atoms with Gasteiger partial charge in [-0.05, 0) is 18.2 Å². The van der Waals surface area contributed by atoms with Gasteiger partial charge in [0, 0.05) is 6.20 Å². The second-order valence-electron chi connectivity index (χ2n) is 1.27. The van der Waals surface area contributed by atoms with Gasteiger partial charge in [-0.2, -0.15) is 0 Å². The Morgan fingerprint density at radius 2 is 2.57 bits per heavy atom. The molecule has 1 heteroatoms. The number of allylic oxidation sites excluding steroid dienone is 3. The smallest absolute Gasteiger partial charge is 0.0624 e. The lowest BCUT2D eigenvalue weighted by Crippen LogP contribution is -1.84. The fourth-order valence-electron chi connectivity index (χ4n) is 0.435. The van der Waals surface area contributed by atoms with Gasteiger partial charge in [-0.1, -0.05) is 6.58 Å². The fraction of sp³-hybridized carbons (Fsp3) is 0. The molecule has 0 aromatic heterocycles. The molecular weight excluding hydrogens is 86.1 g/mol. The third kappa shape index (κ3) is 0.712. The first-order valence-electron chi connectivity index (χ1n) is 2.13. The number of hydrogen-bond acceptors (Lipinski definition) is 0. The van der Waals surface area contributed by atoms with E-state index in [-0.39, 0.29) is 0 Å². The highest BCUT2D eigenvalue weighted by molar-refractivity contribution is 5.26. The van der Waals surface area contributed by atoms with Crippen LogP contribution in [0.2, 0.25) is 0 Å². The first-order valence-corrected chi connectivity index (χ1v) is 2.13. The van der Waals surface area contributed by atoms with E-state index in [9.17, 15) is 0 Å². The number of nitrogens with zero attached hydrogens (tertiary/aromatic N) is 1. The maximum atomic E-state index is 3.92. The Morgan fingerprint density at radius 1 is 1.71 bits per heavy atom. The van der Waals surface area contributed by atoms with Crippen LogP contribution in [0.25, 0.3) is 0 Å². The standard InChI is InChI=1S/C6H6N/c1-2-6-4-3-5-7-6/h2-5H,1H2. The zero-order chi connectivity index (χ0) is 5.11. The van der Waals surface area contributed by atoms with E-state index in [4.69, 9.17) is 0 Å². The van der Waals surface area contributed by atoms with Gasteiger partial charge >= 0.3 is 0 Å². The summed E-state index contributed by atoms with van der Waals surface area (Å²) in [6.45, 7) is 3.54. The van der Waals surface area contributed by atoms with E-state index in [0.717, 1.165) is 5.70 Å². The largest absolute Gasteiger partial charge is 0.257 e. The zero-order valence-electron chi connectivity index (χ0n) is 3.96. The molecule has 0 aromatic carbocycles. The van der Waals surface area contributed by atoms with E-state index < -0.39 is 0 Å². The molecule has 1 rings (SSSR count). The average molecular weight is 92.1 g/mol. The number of hydrogen-bond donors (Lipinski definition) is 0. The van der Waals surface area contributed by atoms with Crippen LogP contribution in [0.1, 0.15) is 0 Å². The van der Waals surface area contributed by atoms with Crippen LogP contribution < -0.4 is 5.32 Å². The Hall–Kier alpha value is -0.980. The van der Waals surface area contributed by atoms with Gasteiger partial charge in [-0.15, -0.1) is 0 Å². The van der Waals surface area contributed by atoms with Crippen LogP contribution in [0, 0.1) is 0 Å². The van der Waals surface area contributed by atoms with E-state index in [0.29, 0.717) is 0 Å². The van der Waals surface area contributed by atoms with Crippen molar-refractivity contribution in [2.75, 3.05) is 0 Å². The maximum Gasteiger partial charge on any atom is 0.0624 e. The molecule has 0 saturated heterocycles. The summed E-state index contributed by atoms with van der Waals surface area (Å²) >= 11 is 0. The summed E-state index contributed by atoms with van der Waals surface area (Å²) in [5.74, 6) is 0. The van der Waals surface area contributed by atoms with Crippen molar-refractivity contribution in [3.63, 3.8) is 0 Å². The van der Waals surface area contributed by atoms with Gasteiger partial charge in [-0.3, -0.25) is 5.32 Å². The first-order chi connectivity index (χ1) is 3.43. The van der Waals surface area contributed by atoms with Crippen LogP contribution in [-0.2, 0) is 0 Å². The van der Waals surface area contributed by atoms with Gasteiger partial charge in [-0.25, -0.2) is 0 Å². The quantitative estimate of drug-likeness (QED) is 0.461. The van der Waals surface area contributed by atoms with Gasteiger partial charge in [0.15, 0.2) is 0 Å².